The molecule has 0 aromatic rings. The van der Waals surface area contributed by atoms with Gasteiger partial charge in [0.05, 0.1) is 4.83 Å². The first kappa shape index (κ1) is 9.88. The van der Waals surface area contributed by atoms with Crippen molar-refractivity contribution in [2.24, 2.45) is 0 Å². The topological polar surface area (TPSA) is 40.5 Å². The summed E-state index contributed by atoms with van der Waals surface area (Å²) in [5.41, 5.74) is 0. The summed E-state index contributed by atoms with van der Waals surface area (Å²) < 4.78 is 0. The lowest BCUT2D eigenvalue weighted by Gasteiger charge is -2.08. The van der Waals surface area contributed by atoms with Crippen molar-refractivity contribution in [3.05, 3.63) is 0 Å². The number of aliphatic hydroxyl groups is 2. The van der Waals surface area contributed by atoms with E-state index in [0.717, 1.165) is 12.8 Å². The van der Waals surface area contributed by atoms with Crippen LogP contribution in [0.2, 0.25) is 0 Å². The van der Waals surface area contributed by atoms with Crippen LogP contribution in [0, 0.1) is 0 Å². The van der Waals surface area contributed by atoms with Gasteiger partial charge in [0.25, 0.3) is 0 Å². The molecular formula is C5H10Br2O2. The van der Waals surface area contributed by atoms with Crippen molar-refractivity contribution in [1.29, 1.82) is 0 Å². The van der Waals surface area contributed by atoms with E-state index >= 15 is 0 Å². The Balaban J connectivity index is 3.16. The van der Waals surface area contributed by atoms with Gasteiger partial charge in [0.2, 0.25) is 0 Å². The molecule has 2 nitrogen and oxygen atoms in total. The van der Waals surface area contributed by atoms with Crippen LogP contribution < -0.4 is 0 Å². The minimum absolute atomic E-state index is 0.0460. The first-order valence-corrected chi connectivity index (χ1v) is 4.58. The summed E-state index contributed by atoms with van der Waals surface area (Å²) in [6.07, 6.45) is 1.50. The van der Waals surface area contributed by atoms with E-state index in [1.807, 2.05) is 0 Å². The van der Waals surface area contributed by atoms with Crippen molar-refractivity contribution in [1.82, 2.24) is 0 Å². The Kier molecular flexibility index (Phi) is 6.20. The van der Waals surface area contributed by atoms with Crippen molar-refractivity contribution in [3.8, 4) is 0 Å². The highest BCUT2D eigenvalue weighted by Crippen LogP contribution is 2.16. The van der Waals surface area contributed by atoms with E-state index in [4.69, 9.17) is 10.2 Å². The number of halogens is 2. The summed E-state index contributed by atoms with van der Waals surface area (Å²) in [5.74, 6) is 0. The fraction of sp³-hybridized carbons (Fsp3) is 1.00. The van der Waals surface area contributed by atoms with Crippen molar-refractivity contribution < 1.29 is 10.2 Å². The van der Waals surface area contributed by atoms with E-state index in [9.17, 15) is 0 Å². The standard InChI is InChI=1S/C5H10Br2O2/c6-4(5(7)9)2-1-3-8/h4-5,8-9H,1-3H2. The number of alkyl halides is 2. The zero-order valence-electron chi connectivity index (χ0n) is 4.93. The lowest BCUT2D eigenvalue weighted by atomic mass is 10.2. The van der Waals surface area contributed by atoms with Crippen molar-refractivity contribution in [2.75, 3.05) is 6.61 Å². The summed E-state index contributed by atoms with van der Waals surface area (Å²) >= 11 is 6.23. The van der Waals surface area contributed by atoms with E-state index in [2.05, 4.69) is 31.9 Å². The Morgan fingerprint density at radius 1 is 1.33 bits per heavy atom. The number of rotatable bonds is 4. The molecule has 0 fully saturated rings. The summed E-state index contributed by atoms with van der Waals surface area (Å²) in [6.45, 7) is 0.182. The first-order valence-electron chi connectivity index (χ1n) is 2.75. The molecule has 2 unspecified atom stereocenters. The molecule has 0 rings (SSSR count). The van der Waals surface area contributed by atoms with E-state index in [0.29, 0.717) is 0 Å². The zero-order chi connectivity index (χ0) is 7.28. The van der Waals surface area contributed by atoms with E-state index < -0.39 is 5.01 Å². The van der Waals surface area contributed by atoms with E-state index in [-0.39, 0.29) is 11.4 Å². The van der Waals surface area contributed by atoms with Crippen LogP contribution in [0.1, 0.15) is 12.8 Å². The van der Waals surface area contributed by atoms with Gasteiger partial charge in [-0.1, -0.05) is 31.9 Å². The summed E-state index contributed by atoms with van der Waals surface area (Å²) in [7, 11) is 0. The lowest BCUT2D eigenvalue weighted by Crippen LogP contribution is -2.12. The van der Waals surface area contributed by atoms with Gasteiger partial charge >= 0.3 is 0 Å². The Morgan fingerprint density at radius 2 is 1.89 bits per heavy atom. The van der Waals surface area contributed by atoms with Crippen LogP contribution in [0.15, 0.2) is 0 Å². The van der Waals surface area contributed by atoms with E-state index in [1.165, 1.54) is 0 Å². The molecule has 2 N–H and O–H groups in total. The molecule has 0 aliphatic heterocycles. The Labute approximate surface area is 71.5 Å². The molecule has 56 valence electrons. The van der Waals surface area contributed by atoms with Gasteiger partial charge < -0.3 is 10.2 Å². The Bertz CT molecular complexity index is 68.0. The van der Waals surface area contributed by atoms with Gasteiger partial charge in [-0.2, -0.15) is 0 Å². The summed E-state index contributed by atoms with van der Waals surface area (Å²) in [6, 6.07) is 0. The van der Waals surface area contributed by atoms with Crippen LogP contribution in [0.4, 0.5) is 0 Å². The van der Waals surface area contributed by atoms with Crippen LogP contribution in [-0.2, 0) is 0 Å². The third kappa shape index (κ3) is 5.33. The van der Waals surface area contributed by atoms with Crippen molar-refractivity contribution >= 4 is 31.9 Å². The number of hydrogen-bond acceptors (Lipinski definition) is 2. The summed E-state index contributed by atoms with van der Waals surface area (Å²) in [5, 5.41) is 16.7. The molecule has 0 aliphatic carbocycles. The Morgan fingerprint density at radius 3 is 2.22 bits per heavy atom. The van der Waals surface area contributed by atoms with Gasteiger partial charge in [0.15, 0.2) is 0 Å². The fourth-order valence-electron chi connectivity index (χ4n) is 0.424. The van der Waals surface area contributed by atoms with Crippen LogP contribution in [0.25, 0.3) is 0 Å². The third-order valence-corrected chi connectivity index (χ3v) is 3.24. The van der Waals surface area contributed by atoms with Gasteiger partial charge in [-0.3, -0.25) is 0 Å². The van der Waals surface area contributed by atoms with Crippen LogP contribution >= 0.6 is 31.9 Å². The van der Waals surface area contributed by atoms with Crippen LogP contribution in [0.3, 0.4) is 0 Å². The van der Waals surface area contributed by atoms with Crippen molar-refractivity contribution in [2.45, 2.75) is 22.7 Å². The monoisotopic (exact) mass is 260 g/mol. The molecule has 9 heavy (non-hydrogen) atoms. The fourth-order valence-corrected chi connectivity index (χ4v) is 1.01. The van der Waals surface area contributed by atoms with Gasteiger partial charge in [0.1, 0.15) is 5.01 Å². The minimum Gasteiger partial charge on any atom is -0.396 e. The quantitative estimate of drug-likeness (QED) is 0.748. The normalized spacial score (nSPS) is 17.3. The highest BCUT2D eigenvalue weighted by molar-refractivity contribution is 9.12. The molecule has 0 radical (unpaired) electrons. The molecule has 0 heterocycles. The van der Waals surface area contributed by atoms with Gasteiger partial charge in [-0.15, -0.1) is 0 Å². The van der Waals surface area contributed by atoms with Gasteiger partial charge in [-0.25, -0.2) is 0 Å². The second-order valence-corrected chi connectivity index (χ2v) is 3.87. The molecule has 0 spiro atoms. The van der Waals surface area contributed by atoms with Crippen LogP contribution in [-0.4, -0.2) is 26.7 Å². The molecule has 0 aliphatic rings. The van der Waals surface area contributed by atoms with Crippen LogP contribution in [0.5, 0.6) is 0 Å². The maximum atomic E-state index is 8.84. The molecule has 0 saturated heterocycles. The predicted octanol–water partition coefficient (Wildman–Crippen LogP) is 1.24. The highest BCUT2D eigenvalue weighted by atomic mass is 79.9. The first-order chi connectivity index (χ1) is 4.18. The molecular weight excluding hydrogens is 252 g/mol. The molecule has 0 bridgehead atoms. The average Bonchev–Trinajstić information content (AvgIpc) is 1.82. The molecule has 0 saturated carbocycles. The average molecular weight is 262 g/mol. The van der Waals surface area contributed by atoms with Crippen molar-refractivity contribution in [3.63, 3.8) is 0 Å². The molecule has 4 heteroatoms. The smallest absolute Gasteiger partial charge is 0.121 e. The second kappa shape index (κ2) is 5.65. The maximum Gasteiger partial charge on any atom is 0.121 e. The van der Waals surface area contributed by atoms with E-state index in [1.54, 1.807) is 0 Å². The molecule has 0 aromatic heterocycles. The number of hydrogen-bond donors (Lipinski definition) is 2. The second-order valence-electron chi connectivity index (χ2n) is 1.75. The SMILES string of the molecule is OCCCC(Br)C(O)Br. The largest absolute Gasteiger partial charge is 0.396 e. The summed E-state index contributed by atoms with van der Waals surface area (Å²) in [4.78, 5) is 0.0460. The number of aliphatic hydroxyl groups excluding tert-OH is 2. The zero-order valence-corrected chi connectivity index (χ0v) is 8.10. The lowest BCUT2D eigenvalue weighted by molar-refractivity contribution is 0.246. The highest BCUT2D eigenvalue weighted by Gasteiger charge is 2.10. The molecule has 0 aromatic carbocycles. The van der Waals surface area contributed by atoms with Gasteiger partial charge in [-0.05, 0) is 12.8 Å². The third-order valence-electron chi connectivity index (χ3n) is 0.936. The molecule has 2 atom stereocenters. The molecule has 0 amide bonds. The minimum atomic E-state index is -0.510. The Hall–Kier alpha value is 0.880. The predicted molar refractivity (Wildman–Crippen MR) is 44.0 cm³/mol. The van der Waals surface area contributed by atoms with Gasteiger partial charge in [0, 0.05) is 6.61 Å². The maximum absolute atomic E-state index is 8.84.